The second-order valence-electron chi connectivity index (χ2n) is 7.74. The Morgan fingerprint density at radius 2 is 2.13 bits per heavy atom. The minimum atomic E-state index is -3.25. The van der Waals surface area contributed by atoms with Gasteiger partial charge in [-0.05, 0) is 56.5 Å². The number of sulfone groups is 1. The Morgan fingerprint density at radius 3 is 2.93 bits per heavy atom. The molecule has 1 aliphatic carbocycles. The van der Waals surface area contributed by atoms with Crippen molar-refractivity contribution in [1.29, 1.82) is 0 Å². The maximum absolute atomic E-state index is 12.5. The summed E-state index contributed by atoms with van der Waals surface area (Å²) in [6.45, 7) is 1.78. The third-order valence-electron chi connectivity index (χ3n) is 5.23. The van der Waals surface area contributed by atoms with Crippen LogP contribution in [0, 0.1) is 0 Å². The second kappa shape index (κ2) is 8.49. The maximum Gasteiger partial charge on any atom is 0.259 e. The quantitative estimate of drug-likeness (QED) is 0.534. The number of hydrogen-bond donors (Lipinski definition) is 1. The number of thiophene rings is 1. The number of fused-ring (bicyclic) bond motifs is 3. The lowest BCUT2D eigenvalue weighted by Crippen LogP contribution is -2.24. The zero-order valence-corrected chi connectivity index (χ0v) is 18.7. The van der Waals surface area contributed by atoms with Crippen molar-refractivity contribution in [1.82, 2.24) is 14.9 Å². The molecule has 0 radical (unpaired) electrons. The molecular formula is C21H25N3O4S2. The van der Waals surface area contributed by atoms with Gasteiger partial charge in [-0.3, -0.25) is 9.69 Å². The molecule has 9 heteroatoms. The van der Waals surface area contributed by atoms with Crippen molar-refractivity contribution in [2.24, 2.45) is 0 Å². The normalized spacial score (nSPS) is 13.8. The topological polar surface area (TPSA) is 92.4 Å². The van der Waals surface area contributed by atoms with Crippen LogP contribution in [-0.4, -0.2) is 49.7 Å². The number of H-pyrrole nitrogens is 1. The van der Waals surface area contributed by atoms with E-state index in [1.165, 1.54) is 16.7 Å². The van der Waals surface area contributed by atoms with E-state index in [1.54, 1.807) is 35.6 Å². The van der Waals surface area contributed by atoms with E-state index in [1.807, 2.05) is 7.05 Å². The Kier molecular flexibility index (Phi) is 5.95. The molecule has 2 aromatic heterocycles. The van der Waals surface area contributed by atoms with Gasteiger partial charge in [-0.15, -0.1) is 11.3 Å². The molecule has 0 fully saturated rings. The Balaban J connectivity index is 1.31. The van der Waals surface area contributed by atoms with Crippen molar-refractivity contribution in [2.75, 3.05) is 26.5 Å². The Labute approximate surface area is 179 Å². The molecule has 160 valence electrons. The Hall–Kier alpha value is -2.23. The lowest BCUT2D eigenvalue weighted by atomic mass is 10.2. The molecule has 0 amide bonds. The SMILES string of the molecule is CN(CCCOc1cccc(S(C)(=O)=O)c1)Cc1nc2sc3c(c2c(=O)[nH]1)CCC3. The summed E-state index contributed by atoms with van der Waals surface area (Å²) < 4.78 is 29.0. The van der Waals surface area contributed by atoms with E-state index in [9.17, 15) is 13.2 Å². The summed E-state index contributed by atoms with van der Waals surface area (Å²) >= 11 is 1.65. The standard InChI is InChI=1S/C21H25N3O4S2/c1-24(10-5-11-28-14-6-3-7-15(12-14)30(2,26)27)13-18-22-20(25)19-16-8-4-9-17(16)29-21(19)23-18/h3,6-7,12H,4-5,8-11,13H2,1-2H3,(H,22,23,25). The second-order valence-corrected chi connectivity index (χ2v) is 10.8. The monoisotopic (exact) mass is 447 g/mol. The molecule has 1 aliphatic rings. The Bertz CT molecular complexity index is 1230. The van der Waals surface area contributed by atoms with E-state index >= 15 is 0 Å². The molecule has 1 aromatic carbocycles. The molecular weight excluding hydrogens is 422 g/mol. The molecule has 0 saturated carbocycles. The average Bonchev–Trinajstić information content (AvgIpc) is 3.25. The van der Waals surface area contributed by atoms with Gasteiger partial charge in [0.1, 0.15) is 16.4 Å². The predicted octanol–water partition coefficient (Wildman–Crippen LogP) is 2.78. The molecule has 0 aliphatic heterocycles. The van der Waals surface area contributed by atoms with Crippen LogP contribution in [0.1, 0.15) is 29.1 Å². The smallest absolute Gasteiger partial charge is 0.259 e. The summed E-state index contributed by atoms with van der Waals surface area (Å²) in [5.41, 5.74) is 1.16. The fraction of sp³-hybridized carbons (Fsp3) is 0.429. The van der Waals surface area contributed by atoms with Crippen LogP contribution in [0.2, 0.25) is 0 Å². The zero-order valence-electron chi connectivity index (χ0n) is 17.1. The van der Waals surface area contributed by atoms with E-state index in [4.69, 9.17) is 4.74 Å². The molecule has 0 unspecified atom stereocenters. The van der Waals surface area contributed by atoms with E-state index in [2.05, 4.69) is 14.9 Å². The highest BCUT2D eigenvalue weighted by Gasteiger charge is 2.21. The van der Waals surface area contributed by atoms with Crippen LogP contribution < -0.4 is 10.3 Å². The number of aromatic amines is 1. The van der Waals surface area contributed by atoms with Crippen LogP contribution >= 0.6 is 11.3 Å². The number of aryl methyl sites for hydroxylation is 2. The summed E-state index contributed by atoms with van der Waals surface area (Å²) in [5, 5.41) is 0.781. The van der Waals surface area contributed by atoms with E-state index in [0.717, 1.165) is 42.4 Å². The molecule has 2 heterocycles. The van der Waals surface area contributed by atoms with Crippen LogP contribution in [-0.2, 0) is 29.2 Å². The predicted molar refractivity (Wildman–Crippen MR) is 118 cm³/mol. The van der Waals surface area contributed by atoms with Crippen LogP contribution in [0.4, 0.5) is 0 Å². The van der Waals surface area contributed by atoms with Crippen molar-refractivity contribution in [2.45, 2.75) is 37.1 Å². The third-order valence-corrected chi connectivity index (χ3v) is 7.53. The first-order valence-electron chi connectivity index (χ1n) is 9.96. The molecule has 3 aromatic rings. The minimum Gasteiger partial charge on any atom is -0.494 e. The molecule has 0 spiro atoms. The summed E-state index contributed by atoms with van der Waals surface area (Å²) in [6.07, 6.45) is 5.10. The van der Waals surface area contributed by atoms with Gasteiger partial charge in [0.15, 0.2) is 9.84 Å². The summed E-state index contributed by atoms with van der Waals surface area (Å²) in [7, 11) is -1.27. The lowest BCUT2D eigenvalue weighted by molar-refractivity contribution is 0.255. The number of nitrogens with zero attached hydrogens (tertiary/aromatic N) is 2. The first-order valence-corrected chi connectivity index (χ1v) is 12.7. The van der Waals surface area contributed by atoms with Crippen LogP contribution in [0.3, 0.4) is 0 Å². The van der Waals surface area contributed by atoms with Gasteiger partial charge in [0, 0.05) is 17.7 Å². The lowest BCUT2D eigenvalue weighted by Gasteiger charge is -2.16. The van der Waals surface area contributed by atoms with Gasteiger partial charge in [0.25, 0.3) is 5.56 Å². The van der Waals surface area contributed by atoms with Gasteiger partial charge >= 0.3 is 0 Å². The fourth-order valence-corrected chi connectivity index (χ4v) is 5.71. The number of aromatic nitrogens is 2. The number of nitrogens with one attached hydrogen (secondary N) is 1. The Morgan fingerprint density at radius 1 is 1.30 bits per heavy atom. The number of ether oxygens (including phenoxy) is 1. The molecule has 0 saturated heterocycles. The van der Waals surface area contributed by atoms with Crippen LogP contribution in [0.15, 0.2) is 34.0 Å². The largest absolute Gasteiger partial charge is 0.494 e. The molecule has 1 N–H and O–H groups in total. The highest BCUT2D eigenvalue weighted by Crippen LogP contribution is 2.34. The fourth-order valence-electron chi connectivity index (χ4n) is 3.78. The third kappa shape index (κ3) is 4.58. The highest BCUT2D eigenvalue weighted by atomic mass is 32.2. The first kappa shape index (κ1) is 21.0. The molecule has 7 nitrogen and oxygen atoms in total. The van der Waals surface area contributed by atoms with Crippen molar-refractivity contribution >= 4 is 31.4 Å². The number of benzene rings is 1. The van der Waals surface area contributed by atoms with Crippen molar-refractivity contribution in [3.8, 4) is 5.75 Å². The molecule has 4 rings (SSSR count). The van der Waals surface area contributed by atoms with Crippen molar-refractivity contribution < 1.29 is 13.2 Å². The van der Waals surface area contributed by atoms with Gasteiger partial charge < -0.3 is 9.72 Å². The maximum atomic E-state index is 12.5. The number of hydrogen-bond acceptors (Lipinski definition) is 7. The van der Waals surface area contributed by atoms with Crippen molar-refractivity contribution in [3.63, 3.8) is 0 Å². The van der Waals surface area contributed by atoms with Gasteiger partial charge in [0.05, 0.1) is 23.4 Å². The summed E-state index contributed by atoms with van der Waals surface area (Å²) in [6, 6.07) is 6.53. The van der Waals surface area contributed by atoms with Gasteiger partial charge in [0.2, 0.25) is 0 Å². The minimum absolute atomic E-state index is 0.0307. The zero-order chi connectivity index (χ0) is 21.3. The van der Waals surface area contributed by atoms with Crippen LogP contribution in [0.5, 0.6) is 5.75 Å². The average molecular weight is 448 g/mol. The van der Waals surface area contributed by atoms with E-state index in [0.29, 0.717) is 24.7 Å². The van der Waals surface area contributed by atoms with Crippen molar-refractivity contribution in [3.05, 3.63) is 50.9 Å². The summed E-state index contributed by atoms with van der Waals surface area (Å²) in [5.74, 6) is 1.22. The van der Waals surface area contributed by atoms with Crippen LogP contribution in [0.25, 0.3) is 10.2 Å². The molecule has 0 bridgehead atoms. The van der Waals surface area contributed by atoms with E-state index in [-0.39, 0.29) is 10.5 Å². The number of rotatable bonds is 8. The summed E-state index contributed by atoms with van der Waals surface area (Å²) in [4.78, 5) is 24.7. The molecule has 30 heavy (non-hydrogen) atoms. The first-order chi connectivity index (χ1) is 14.3. The van der Waals surface area contributed by atoms with Gasteiger partial charge in [-0.2, -0.15) is 0 Å². The van der Waals surface area contributed by atoms with Gasteiger partial charge in [-0.25, -0.2) is 13.4 Å². The van der Waals surface area contributed by atoms with Gasteiger partial charge in [-0.1, -0.05) is 6.07 Å². The molecule has 0 atom stereocenters. The highest BCUT2D eigenvalue weighted by molar-refractivity contribution is 7.90. The van der Waals surface area contributed by atoms with E-state index < -0.39 is 9.84 Å².